The molecule has 0 bridgehead atoms. The Bertz CT molecular complexity index is 210. The molecule has 2 heteroatoms. The van der Waals surface area contributed by atoms with E-state index in [0.717, 1.165) is 12.8 Å². The molecule has 1 atom stereocenters. The SMILES string of the molecule is CCCCCCC(O)C#CC(=O)CC. The van der Waals surface area contributed by atoms with Gasteiger partial charge in [0, 0.05) is 6.42 Å². The third-order valence-corrected chi connectivity index (χ3v) is 2.03. The van der Waals surface area contributed by atoms with Crippen LogP contribution in [0.5, 0.6) is 0 Å². The second-order valence-electron chi connectivity index (χ2n) is 3.41. The summed E-state index contributed by atoms with van der Waals surface area (Å²) in [6.07, 6.45) is 5.01. The van der Waals surface area contributed by atoms with Crippen LogP contribution in [-0.2, 0) is 4.79 Å². The first kappa shape index (κ1) is 13.2. The van der Waals surface area contributed by atoms with Crippen molar-refractivity contribution in [2.75, 3.05) is 0 Å². The Hall–Kier alpha value is -0.810. The van der Waals surface area contributed by atoms with Crippen LogP contribution in [0.3, 0.4) is 0 Å². The number of ketones is 1. The third-order valence-electron chi connectivity index (χ3n) is 2.03. The Kier molecular flexibility index (Phi) is 8.27. The molecule has 0 aliphatic carbocycles. The molecule has 1 unspecified atom stereocenters. The van der Waals surface area contributed by atoms with Gasteiger partial charge in [-0.3, -0.25) is 4.79 Å². The van der Waals surface area contributed by atoms with E-state index in [9.17, 15) is 9.90 Å². The van der Waals surface area contributed by atoms with Crippen LogP contribution in [0.15, 0.2) is 0 Å². The molecular weight excluding hydrogens is 176 g/mol. The van der Waals surface area contributed by atoms with Gasteiger partial charge in [0.2, 0.25) is 5.78 Å². The van der Waals surface area contributed by atoms with E-state index in [1.165, 1.54) is 12.8 Å². The smallest absolute Gasteiger partial charge is 0.205 e. The number of rotatable bonds is 6. The monoisotopic (exact) mass is 196 g/mol. The van der Waals surface area contributed by atoms with E-state index in [0.29, 0.717) is 12.8 Å². The minimum atomic E-state index is -0.623. The molecule has 0 aromatic carbocycles. The van der Waals surface area contributed by atoms with Gasteiger partial charge < -0.3 is 5.11 Å². The van der Waals surface area contributed by atoms with Gasteiger partial charge >= 0.3 is 0 Å². The number of Topliss-reactive ketones (excluding diaryl/α,β-unsaturated/α-hetero) is 1. The quantitative estimate of drug-likeness (QED) is 0.402. The van der Waals surface area contributed by atoms with Crippen LogP contribution < -0.4 is 0 Å². The van der Waals surface area contributed by atoms with Crippen molar-refractivity contribution < 1.29 is 9.90 Å². The molecule has 0 heterocycles. The summed E-state index contributed by atoms with van der Waals surface area (Å²) >= 11 is 0. The fraction of sp³-hybridized carbons (Fsp3) is 0.750. The molecule has 0 fully saturated rings. The van der Waals surface area contributed by atoms with Crippen LogP contribution in [0, 0.1) is 11.8 Å². The van der Waals surface area contributed by atoms with Gasteiger partial charge in [0.1, 0.15) is 6.10 Å². The van der Waals surface area contributed by atoms with Crippen molar-refractivity contribution in [1.82, 2.24) is 0 Å². The van der Waals surface area contributed by atoms with Gasteiger partial charge in [-0.05, 0) is 18.8 Å². The maximum atomic E-state index is 10.8. The maximum Gasteiger partial charge on any atom is 0.205 e. The Morgan fingerprint density at radius 2 is 2.00 bits per heavy atom. The summed E-state index contributed by atoms with van der Waals surface area (Å²) in [6, 6.07) is 0. The van der Waals surface area contributed by atoms with Crippen LogP contribution in [0.2, 0.25) is 0 Å². The molecule has 0 aliphatic rings. The zero-order chi connectivity index (χ0) is 10.8. The van der Waals surface area contributed by atoms with Crippen molar-refractivity contribution >= 4 is 5.78 Å². The summed E-state index contributed by atoms with van der Waals surface area (Å²) in [7, 11) is 0. The van der Waals surface area contributed by atoms with E-state index in [1.54, 1.807) is 6.92 Å². The average molecular weight is 196 g/mol. The number of carbonyl (C=O) groups is 1. The van der Waals surface area contributed by atoms with Gasteiger partial charge in [0.05, 0.1) is 0 Å². The normalized spacial score (nSPS) is 11.6. The number of aliphatic hydroxyl groups excluding tert-OH is 1. The standard InChI is InChI=1S/C12H20O2/c1-3-5-6-7-8-12(14)10-9-11(13)4-2/h12,14H,3-8H2,1-2H3. The molecule has 0 aromatic rings. The molecule has 80 valence electrons. The van der Waals surface area contributed by atoms with Gasteiger partial charge in [-0.25, -0.2) is 0 Å². The topological polar surface area (TPSA) is 37.3 Å². The lowest BCUT2D eigenvalue weighted by Crippen LogP contribution is -2.03. The fourth-order valence-corrected chi connectivity index (χ4v) is 1.09. The highest BCUT2D eigenvalue weighted by atomic mass is 16.3. The summed E-state index contributed by atoms with van der Waals surface area (Å²) in [5.74, 6) is 4.90. The van der Waals surface area contributed by atoms with Crippen LogP contribution >= 0.6 is 0 Å². The van der Waals surface area contributed by atoms with Crippen LogP contribution in [-0.4, -0.2) is 17.0 Å². The molecule has 1 N–H and O–H groups in total. The Balaban J connectivity index is 3.57. The second kappa shape index (κ2) is 8.77. The van der Waals surface area contributed by atoms with Crippen LogP contribution in [0.1, 0.15) is 52.4 Å². The Morgan fingerprint density at radius 3 is 2.57 bits per heavy atom. The van der Waals surface area contributed by atoms with E-state index in [-0.39, 0.29) is 5.78 Å². The van der Waals surface area contributed by atoms with Crippen molar-refractivity contribution in [3.8, 4) is 11.8 Å². The summed E-state index contributed by atoms with van der Waals surface area (Å²) in [4.78, 5) is 10.8. The first-order chi connectivity index (χ1) is 6.70. The molecule has 14 heavy (non-hydrogen) atoms. The molecular formula is C12H20O2. The highest BCUT2D eigenvalue weighted by Crippen LogP contribution is 2.04. The summed E-state index contributed by atoms with van der Waals surface area (Å²) in [6.45, 7) is 3.92. The minimum absolute atomic E-state index is 0.0994. The lowest BCUT2D eigenvalue weighted by atomic mass is 10.1. The van der Waals surface area contributed by atoms with Gasteiger partial charge in [0.15, 0.2) is 0 Å². The summed E-state index contributed by atoms with van der Waals surface area (Å²) in [5.41, 5.74) is 0. The number of unbranched alkanes of at least 4 members (excludes halogenated alkanes) is 3. The third kappa shape index (κ3) is 7.82. The predicted molar refractivity (Wildman–Crippen MR) is 57.8 cm³/mol. The van der Waals surface area contributed by atoms with Gasteiger partial charge in [0.25, 0.3) is 0 Å². The van der Waals surface area contributed by atoms with Crippen LogP contribution in [0.25, 0.3) is 0 Å². The number of carbonyl (C=O) groups excluding carboxylic acids is 1. The van der Waals surface area contributed by atoms with Gasteiger partial charge in [-0.2, -0.15) is 0 Å². The minimum Gasteiger partial charge on any atom is -0.380 e. The van der Waals surface area contributed by atoms with Crippen LogP contribution in [0.4, 0.5) is 0 Å². The van der Waals surface area contributed by atoms with Crippen molar-refractivity contribution in [2.24, 2.45) is 0 Å². The molecule has 0 spiro atoms. The number of hydrogen-bond acceptors (Lipinski definition) is 2. The highest BCUT2D eigenvalue weighted by Gasteiger charge is 1.99. The van der Waals surface area contributed by atoms with E-state index in [1.807, 2.05) is 0 Å². The van der Waals surface area contributed by atoms with E-state index in [4.69, 9.17) is 0 Å². The predicted octanol–water partition coefficient (Wildman–Crippen LogP) is 2.30. The fourth-order valence-electron chi connectivity index (χ4n) is 1.09. The second-order valence-corrected chi connectivity index (χ2v) is 3.41. The summed E-state index contributed by atoms with van der Waals surface area (Å²) in [5, 5.41) is 9.37. The van der Waals surface area contributed by atoms with Crippen molar-refractivity contribution in [3.05, 3.63) is 0 Å². The molecule has 0 aliphatic heterocycles. The zero-order valence-corrected chi connectivity index (χ0v) is 9.18. The highest BCUT2D eigenvalue weighted by molar-refractivity contribution is 5.95. The molecule has 0 aromatic heterocycles. The van der Waals surface area contributed by atoms with Crippen molar-refractivity contribution in [1.29, 1.82) is 0 Å². The van der Waals surface area contributed by atoms with Gasteiger partial charge in [-0.15, -0.1) is 0 Å². The largest absolute Gasteiger partial charge is 0.380 e. The zero-order valence-electron chi connectivity index (χ0n) is 9.18. The Labute approximate surface area is 86.7 Å². The van der Waals surface area contributed by atoms with Gasteiger partial charge in [-0.1, -0.05) is 39.0 Å². The van der Waals surface area contributed by atoms with E-state index in [2.05, 4.69) is 18.8 Å². The van der Waals surface area contributed by atoms with E-state index < -0.39 is 6.10 Å². The first-order valence-corrected chi connectivity index (χ1v) is 5.43. The maximum absolute atomic E-state index is 10.8. The number of aliphatic hydroxyl groups is 1. The lowest BCUT2D eigenvalue weighted by molar-refractivity contribution is -0.113. The summed E-state index contributed by atoms with van der Waals surface area (Å²) < 4.78 is 0. The number of hydrogen-bond donors (Lipinski definition) is 1. The molecule has 0 saturated carbocycles. The molecule has 0 amide bonds. The molecule has 0 rings (SSSR count). The Morgan fingerprint density at radius 1 is 1.29 bits per heavy atom. The van der Waals surface area contributed by atoms with Crippen molar-refractivity contribution in [3.63, 3.8) is 0 Å². The molecule has 2 nitrogen and oxygen atoms in total. The van der Waals surface area contributed by atoms with E-state index >= 15 is 0 Å². The lowest BCUT2D eigenvalue weighted by Gasteiger charge is -2.01. The first-order valence-electron chi connectivity index (χ1n) is 5.43. The van der Waals surface area contributed by atoms with Crippen molar-refractivity contribution in [2.45, 2.75) is 58.5 Å². The molecule has 0 saturated heterocycles. The molecule has 0 radical (unpaired) electrons. The average Bonchev–Trinajstić information content (AvgIpc) is 2.21.